The fraction of sp³-hybridized carbons (Fsp3) is 0.346. The van der Waals surface area contributed by atoms with Crippen molar-refractivity contribution in [1.29, 1.82) is 0 Å². The van der Waals surface area contributed by atoms with Crippen LogP contribution in [0.25, 0.3) is 16.9 Å². The van der Waals surface area contributed by atoms with Crippen molar-refractivity contribution in [2.24, 2.45) is 5.92 Å². The van der Waals surface area contributed by atoms with Gasteiger partial charge in [0.05, 0.1) is 18.0 Å². The van der Waals surface area contributed by atoms with Crippen molar-refractivity contribution in [2.45, 2.75) is 33.6 Å². The average molecular weight is 432 g/mol. The first kappa shape index (κ1) is 21.8. The molecular formula is C26H29N3O3. The predicted octanol–water partition coefficient (Wildman–Crippen LogP) is 4.90. The largest absolute Gasteiger partial charge is 0.461 e. The van der Waals surface area contributed by atoms with Gasteiger partial charge in [-0.15, -0.1) is 0 Å². The Morgan fingerprint density at radius 3 is 2.56 bits per heavy atom. The van der Waals surface area contributed by atoms with E-state index in [1.807, 2.05) is 60.4 Å². The molecule has 1 atom stereocenters. The fourth-order valence-electron chi connectivity index (χ4n) is 4.24. The zero-order valence-electron chi connectivity index (χ0n) is 18.9. The van der Waals surface area contributed by atoms with E-state index in [1.165, 1.54) is 6.42 Å². The van der Waals surface area contributed by atoms with Crippen LogP contribution in [0.3, 0.4) is 0 Å². The van der Waals surface area contributed by atoms with Gasteiger partial charge in [0.25, 0.3) is 5.91 Å². The van der Waals surface area contributed by atoms with Gasteiger partial charge >= 0.3 is 5.97 Å². The van der Waals surface area contributed by atoms with E-state index in [0.29, 0.717) is 11.5 Å². The van der Waals surface area contributed by atoms with Crippen LogP contribution in [0.1, 0.15) is 53.1 Å². The van der Waals surface area contributed by atoms with E-state index >= 15 is 0 Å². The molecule has 32 heavy (non-hydrogen) atoms. The van der Waals surface area contributed by atoms with E-state index in [0.717, 1.165) is 42.0 Å². The van der Waals surface area contributed by atoms with E-state index in [9.17, 15) is 9.59 Å². The highest BCUT2D eigenvalue weighted by molar-refractivity contribution is 5.94. The van der Waals surface area contributed by atoms with Gasteiger partial charge in [0.15, 0.2) is 5.69 Å². The molecule has 1 amide bonds. The lowest BCUT2D eigenvalue weighted by Crippen LogP contribution is -2.39. The van der Waals surface area contributed by atoms with Crippen molar-refractivity contribution in [2.75, 3.05) is 19.7 Å². The molecule has 0 bridgehead atoms. The summed E-state index contributed by atoms with van der Waals surface area (Å²) in [6, 6.07) is 17.2. The van der Waals surface area contributed by atoms with Gasteiger partial charge in [-0.2, -0.15) is 5.10 Å². The van der Waals surface area contributed by atoms with Crippen LogP contribution in [-0.4, -0.2) is 46.3 Å². The topological polar surface area (TPSA) is 64.4 Å². The van der Waals surface area contributed by atoms with Gasteiger partial charge in [-0.3, -0.25) is 4.79 Å². The minimum absolute atomic E-state index is 0.0647. The molecule has 3 aromatic rings. The van der Waals surface area contributed by atoms with Gasteiger partial charge in [-0.25, -0.2) is 9.48 Å². The number of hydrogen-bond donors (Lipinski definition) is 0. The van der Waals surface area contributed by atoms with Crippen LogP contribution < -0.4 is 0 Å². The van der Waals surface area contributed by atoms with Gasteiger partial charge in [-0.1, -0.05) is 31.2 Å². The van der Waals surface area contributed by atoms with Crippen molar-refractivity contribution in [3.8, 4) is 16.9 Å². The summed E-state index contributed by atoms with van der Waals surface area (Å²) >= 11 is 0. The number of piperidine rings is 1. The van der Waals surface area contributed by atoms with Crippen LogP contribution in [0, 0.1) is 12.8 Å². The number of ether oxygens (including phenoxy) is 1. The molecule has 1 saturated heterocycles. The quantitative estimate of drug-likeness (QED) is 0.539. The molecule has 1 fully saturated rings. The van der Waals surface area contributed by atoms with E-state index in [1.54, 1.807) is 17.7 Å². The molecule has 0 aliphatic carbocycles. The molecule has 0 unspecified atom stereocenters. The molecule has 1 aromatic heterocycles. The number of benzene rings is 2. The maximum absolute atomic E-state index is 12.9. The number of carbonyl (C=O) groups excluding carboxylic acids is 2. The van der Waals surface area contributed by atoms with Crippen LogP contribution in [0.4, 0.5) is 0 Å². The average Bonchev–Trinajstić information content (AvgIpc) is 3.24. The zero-order valence-corrected chi connectivity index (χ0v) is 18.9. The first-order chi connectivity index (χ1) is 15.5. The zero-order chi connectivity index (χ0) is 22.7. The Morgan fingerprint density at radius 2 is 1.88 bits per heavy atom. The summed E-state index contributed by atoms with van der Waals surface area (Å²) in [6.45, 7) is 7.89. The van der Waals surface area contributed by atoms with Crippen LogP contribution in [0.15, 0.2) is 54.6 Å². The first-order valence-electron chi connectivity index (χ1n) is 11.2. The smallest absolute Gasteiger partial charge is 0.358 e. The molecule has 4 rings (SSSR count). The summed E-state index contributed by atoms with van der Waals surface area (Å²) in [5.74, 6) is 0.149. The Hall–Kier alpha value is -3.41. The number of rotatable bonds is 5. The Kier molecular flexibility index (Phi) is 6.40. The number of aromatic nitrogens is 2. The van der Waals surface area contributed by atoms with E-state index in [4.69, 9.17) is 4.74 Å². The van der Waals surface area contributed by atoms with Gasteiger partial charge in [0.1, 0.15) is 0 Å². The molecule has 0 radical (unpaired) electrons. The standard InChI is InChI=1S/C26H29N3O3/c1-4-32-26(31)23-16-24(22-10-6-5-9-19(22)3)29(27-23)21-13-11-20(12-14-21)25(30)28-15-7-8-18(2)17-28/h5-6,9-14,16,18H,4,7-8,15,17H2,1-3H3/t18-/m1/s1. The second kappa shape index (κ2) is 9.39. The number of hydrogen-bond acceptors (Lipinski definition) is 4. The third-order valence-corrected chi connectivity index (χ3v) is 5.92. The summed E-state index contributed by atoms with van der Waals surface area (Å²) in [5, 5.41) is 4.54. The number of nitrogens with zero attached hydrogens (tertiary/aromatic N) is 3. The molecule has 166 valence electrons. The van der Waals surface area contributed by atoms with Gasteiger partial charge in [0, 0.05) is 24.2 Å². The van der Waals surface area contributed by atoms with Crippen molar-refractivity contribution >= 4 is 11.9 Å². The molecule has 2 heterocycles. The molecule has 1 aliphatic heterocycles. The normalized spacial score (nSPS) is 16.1. The maximum Gasteiger partial charge on any atom is 0.358 e. The summed E-state index contributed by atoms with van der Waals surface area (Å²) in [4.78, 5) is 27.2. The molecule has 2 aromatic carbocycles. The van der Waals surface area contributed by atoms with Crippen LogP contribution >= 0.6 is 0 Å². The number of esters is 1. The number of carbonyl (C=O) groups is 2. The lowest BCUT2D eigenvalue weighted by atomic mass is 9.99. The number of amides is 1. The van der Waals surface area contributed by atoms with Crippen LogP contribution in [-0.2, 0) is 4.74 Å². The maximum atomic E-state index is 12.9. The van der Waals surface area contributed by atoms with E-state index in [-0.39, 0.29) is 18.2 Å². The lowest BCUT2D eigenvalue weighted by Gasteiger charge is -2.31. The monoisotopic (exact) mass is 431 g/mol. The third kappa shape index (κ3) is 4.44. The summed E-state index contributed by atoms with van der Waals surface area (Å²) < 4.78 is 6.90. The second-order valence-electron chi connectivity index (χ2n) is 8.41. The highest BCUT2D eigenvalue weighted by Crippen LogP contribution is 2.28. The molecule has 0 spiro atoms. The van der Waals surface area contributed by atoms with Crippen LogP contribution in [0.5, 0.6) is 0 Å². The number of aryl methyl sites for hydroxylation is 1. The Bertz CT molecular complexity index is 1120. The Morgan fingerprint density at radius 1 is 1.12 bits per heavy atom. The highest BCUT2D eigenvalue weighted by atomic mass is 16.5. The van der Waals surface area contributed by atoms with Gasteiger partial charge in [0.2, 0.25) is 0 Å². The Balaban J connectivity index is 1.68. The van der Waals surface area contributed by atoms with E-state index < -0.39 is 5.97 Å². The molecule has 0 saturated carbocycles. The summed E-state index contributed by atoms with van der Waals surface area (Å²) in [6.07, 6.45) is 2.22. The second-order valence-corrected chi connectivity index (χ2v) is 8.41. The molecule has 1 aliphatic rings. The van der Waals surface area contributed by atoms with E-state index in [2.05, 4.69) is 12.0 Å². The SMILES string of the molecule is CCOC(=O)c1cc(-c2ccccc2C)n(-c2ccc(C(=O)N3CCC[C@@H](C)C3)cc2)n1. The fourth-order valence-corrected chi connectivity index (χ4v) is 4.24. The van der Waals surface area contributed by atoms with Gasteiger partial charge < -0.3 is 9.64 Å². The lowest BCUT2D eigenvalue weighted by molar-refractivity contribution is 0.0518. The highest BCUT2D eigenvalue weighted by Gasteiger charge is 2.23. The van der Waals surface area contributed by atoms with Crippen molar-refractivity contribution in [1.82, 2.24) is 14.7 Å². The van der Waals surface area contributed by atoms with Crippen LogP contribution in [0.2, 0.25) is 0 Å². The molecule has 6 nitrogen and oxygen atoms in total. The first-order valence-corrected chi connectivity index (χ1v) is 11.2. The predicted molar refractivity (Wildman–Crippen MR) is 124 cm³/mol. The minimum Gasteiger partial charge on any atom is -0.461 e. The minimum atomic E-state index is -0.452. The summed E-state index contributed by atoms with van der Waals surface area (Å²) in [7, 11) is 0. The third-order valence-electron chi connectivity index (χ3n) is 5.92. The number of likely N-dealkylation sites (tertiary alicyclic amines) is 1. The molecule has 6 heteroatoms. The molecular weight excluding hydrogens is 402 g/mol. The summed E-state index contributed by atoms with van der Waals surface area (Å²) in [5.41, 5.74) is 4.57. The van der Waals surface area contributed by atoms with Crippen molar-refractivity contribution in [3.05, 3.63) is 71.4 Å². The van der Waals surface area contributed by atoms with Gasteiger partial charge in [-0.05, 0) is 68.5 Å². The van der Waals surface area contributed by atoms with Crippen molar-refractivity contribution in [3.63, 3.8) is 0 Å². The Labute approximate surface area is 188 Å². The van der Waals surface area contributed by atoms with Crippen molar-refractivity contribution < 1.29 is 14.3 Å². The molecule has 0 N–H and O–H groups in total.